The quantitative estimate of drug-likeness (QED) is 0.885. The van der Waals surface area contributed by atoms with Crippen LogP contribution in [0.15, 0.2) is 18.2 Å². The number of benzene rings is 1. The third kappa shape index (κ3) is 3.47. The molecule has 1 atom stereocenters. The third-order valence-corrected chi connectivity index (χ3v) is 4.12. The van der Waals surface area contributed by atoms with Crippen LogP contribution in [0, 0.1) is 13.8 Å². The zero-order valence-electron chi connectivity index (χ0n) is 11.7. The zero-order chi connectivity index (χ0) is 14.8. The molecule has 1 rings (SSSR count). The maximum atomic E-state index is 12.0. The van der Waals surface area contributed by atoms with E-state index in [2.05, 4.69) is 0 Å². The summed E-state index contributed by atoms with van der Waals surface area (Å²) in [6.45, 7) is 5.41. The highest BCUT2D eigenvalue weighted by Crippen LogP contribution is 2.27. The van der Waals surface area contributed by atoms with Gasteiger partial charge in [-0.15, -0.1) is 0 Å². The minimum atomic E-state index is -3.58. The SMILES string of the molecule is CC[C@H](C(N)=O)N(c1cc(C)ccc1C)S(C)(=O)=O. The van der Waals surface area contributed by atoms with E-state index in [-0.39, 0.29) is 0 Å². The number of hydrogen-bond acceptors (Lipinski definition) is 3. The maximum Gasteiger partial charge on any atom is 0.241 e. The van der Waals surface area contributed by atoms with Gasteiger partial charge in [0.15, 0.2) is 0 Å². The number of primary amides is 1. The number of carbonyl (C=O) groups excluding carboxylic acids is 1. The van der Waals surface area contributed by atoms with Crippen LogP contribution >= 0.6 is 0 Å². The molecule has 0 heterocycles. The van der Waals surface area contributed by atoms with Gasteiger partial charge in [-0.3, -0.25) is 9.10 Å². The predicted molar refractivity (Wildman–Crippen MR) is 76.5 cm³/mol. The molecule has 0 unspecified atom stereocenters. The molecule has 0 bridgehead atoms. The van der Waals surface area contributed by atoms with Crippen molar-refractivity contribution in [1.82, 2.24) is 0 Å². The molecule has 1 aromatic carbocycles. The summed E-state index contributed by atoms with van der Waals surface area (Å²) in [6, 6.07) is 4.61. The zero-order valence-corrected chi connectivity index (χ0v) is 12.5. The summed E-state index contributed by atoms with van der Waals surface area (Å²) in [7, 11) is -3.58. The highest BCUT2D eigenvalue weighted by atomic mass is 32.2. The van der Waals surface area contributed by atoms with Crippen LogP contribution in [-0.2, 0) is 14.8 Å². The number of amides is 1. The first-order valence-electron chi connectivity index (χ1n) is 6.04. The lowest BCUT2D eigenvalue weighted by atomic mass is 10.1. The van der Waals surface area contributed by atoms with Crippen LogP contribution in [0.5, 0.6) is 0 Å². The number of hydrogen-bond donors (Lipinski definition) is 1. The summed E-state index contributed by atoms with van der Waals surface area (Å²) in [5.74, 6) is -0.645. The second kappa shape index (κ2) is 5.61. The number of anilines is 1. The third-order valence-electron chi connectivity index (χ3n) is 2.96. The van der Waals surface area contributed by atoms with Crippen molar-refractivity contribution < 1.29 is 13.2 Å². The van der Waals surface area contributed by atoms with E-state index in [0.717, 1.165) is 21.7 Å². The Hall–Kier alpha value is -1.56. The molecule has 0 aromatic heterocycles. The number of nitrogens with zero attached hydrogens (tertiary/aromatic N) is 1. The van der Waals surface area contributed by atoms with Crippen LogP contribution in [0.1, 0.15) is 24.5 Å². The van der Waals surface area contributed by atoms with E-state index in [1.54, 1.807) is 19.9 Å². The molecular weight excluding hydrogens is 264 g/mol. The Labute approximate surface area is 114 Å². The molecule has 0 aliphatic carbocycles. The fraction of sp³-hybridized carbons (Fsp3) is 0.462. The number of carbonyl (C=O) groups is 1. The second-order valence-corrected chi connectivity index (χ2v) is 6.53. The molecule has 19 heavy (non-hydrogen) atoms. The van der Waals surface area contributed by atoms with Gasteiger partial charge in [0, 0.05) is 0 Å². The van der Waals surface area contributed by atoms with Crippen molar-refractivity contribution in [3.63, 3.8) is 0 Å². The van der Waals surface area contributed by atoms with Gasteiger partial charge in [-0.2, -0.15) is 0 Å². The Morgan fingerprint density at radius 2 is 1.95 bits per heavy atom. The predicted octanol–water partition coefficient (Wildman–Crippen LogP) is 1.33. The van der Waals surface area contributed by atoms with E-state index < -0.39 is 22.0 Å². The van der Waals surface area contributed by atoms with Gasteiger partial charge in [0.2, 0.25) is 15.9 Å². The van der Waals surface area contributed by atoms with Gasteiger partial charge in [0.1, 0.15) is 6.04 Å². The van der Waals surface area contributed by atoms with Crippen molar-refractivity contribution in [2.45, 2.75) is 33.2 Å². The minimum Gasteiger partial charge on any atom is -0.368 e. The van der Waals surface area contributed by atoms with E-state index in [4.69, 9.17) is 5.73 Å². The van der Waals surface area contributed by atoms with Crippen LogP contribution in [0.25, 0.3) is 0 Å². The lowest BCUT2D eigenvalue weighted by molar-refractivity contribution is -0.119. The van der Waals surface area contributed by atoms with Gasteiger partial charge in [-0.25, -0.2) is 8.42 Å². The Morgan fingerprint density at radius 3 is 2.37 bits per heavy atom. The van der Waals surface area contributed by atoms with E-state index >= 15 is 0 Å². The molecule has 6 heteroatoms. The van der Waals surface area contributed by atoms with Crippen LogP contribution in [0.4, 0.5) is 5.69 Å². The summed E-state index contributed by atoms with van der Waals surface area (Å²) < 4.78 is 25.2. The van der Waals surface area contributed by atoms with Crippen LogP contribution < -0.4 is 10.0 Å². The lowest BCUT2D eigenvalue weighted by Gasteiger charge is -2.30. The molecular formula is C13H20N2O3S. The van der Waals surface area contributed by atoms with Crippen LogP contribution in [0.2, 0.25) is 0 Å². The van der Waals surface area contributed by atoms with E-state index in [9.17, 15) is 13.2 Å². The summed E-state index contributed by atoms with van der Waals surface area (Å²) in [6.07, 6.45) is 1.41. The Bertz CT molecular complexity index is 582. The largest absolute Gasteiger partial charge is 0.368 e. The molecule has 5 nitrogen and oxygen atoms in total. The first kappa shape index (κ1) is 15.5. The Balaban J connectivity index is 3.49. The molecule has 0 saturated carbocycles. The van der Waals surface area contributed by atoms with Gasteiger partial charge in [0.25, 0.3) is 0 Å². The Morgan fingerprint density at radius 1 is 1.37 bits per heavy atom. The van der Waals surface area contributed by atoms with Crippen molar-refractivity contribution in [3.8, 4) is 0 Å². The average molecular weight is 284 g/mol. The number of sulfonamides is 1. The number of rotatable bonds is 5. The van der Waals surface area contributed by atoms with Gasteiger partial charge < -0.3 is 5.73 Å². The Kier molecular flexibility index (Phi) is 4.57. The smallest absolute Gasteiger partial charge is 0.241 e. The molecule has 0 fully saturated rings. The average Bonchev–Trinajstić information content (AvgIpc) is 2.27. The molecule has 2 N–H and O–H groups in total. The summed E-state index contributed by atoms with van der Waals surface area (Å²) >= 11 is 0. The summed E-state index contributed by atoms with van der Waals surface area (Å²) in [5.41, 5.74) is 7.55. The molecule has 0 radical (unpaired) electrons. The molecule has 0 aliphatic rings. The van der Waals surface area contributed by atoms with Crippen molar-refractivity contribution >= 4 is 21.6 Å². The minimum absolute atomic E-state index is 0.329. The van der Waals surface area contributed by atoms with E-state index in [0.29, 0.717) is 12.1 Å². The van der Waals surface area contributed by atoms with Gasteiger partial charge in [-0.1, -0.05) is 19.1 Å². The van der Waals surface area contributed by atoms with Gasteiger partial charge in [-0.05, 0) is 37.5 Å². The fourth-order valence-corrected chi connectivity index (χ4v) is 3.29. The number of aryl methyl sites for hydroxylation is 2. The van der Waals surface area contributed by atoms with E-state index in [1.807, 2.05) is 19.1 Å². The van der Waals surface area contributed by atoms with Gasteiger partial charge in [0.05, 0.1) is 11.9 Å². The van der Waals surface area contributed by atoms with E-state index in [1.165, 1.54) is 0 Å². The lowest BCUT2D eigenvalue weighted by Crippen LogP contribution is -2.47. The molecule has 106 valence electrons. The number of nitrogens with two attached hydrogens (primary N) is 1. The standard InChI is InChI=1S/C13H20N2O3S/c1-5-11(13(14)16)15(19(4,17)18)12-8-9(2)6-7-10(12)3/h6-8,11H,5H2,1-4H3,(H2,14,16)/t11-/m1/s1. The topological polar surface area (TPSA) is 80.5 Å². The highest BCUT2D eigenvalue weighted by molar-refractivity contribution is 7.92. The van der Waals surface area contributed by atoms with Crippen molar-refractivity contribution in [3.05, 3.63) is 29.3 Å². The monoisotopic (exact) mass is 284 g/mol. The summed E-state index contributed by atoms with van der Waals surface area (Å²) in [4.78, 5) is 11.5. The van der Waals surface area contributed by atoms with Crippen molar-refractivity contribution in [2.24, 2.45) is 5.73 Å². The van der Waals surface area contributed by atoms with Gasteiger partial charge >= 0.3 is 0 Å². The first-order valence-corrected chi connectivity index (χ1v) is 7.89. The second-order valence-electron chi connectivity index (χ2n) is 4.68. The maximum absolute atomic E-state index is 12.0. The molecule has 0 aliphatic heterocycles. The van der Waals surface area contributed by atoms with Crippen molar-refractivity contribution in [2.75, 3.05) is 10.6 Å². The summed E-state index contributed by atoms with van der Waals surface area (Å²) in [5, 5.41) is 0. The first-order chi connectivity index (χ1) is 8.68. The van der Waals surface area contributed by atoms with Crippen LogP contribution in [-0.4, -0.2) is 26.6 Å². The van der Waals surface area contributed by atoms with Crippen molar-refractivity contribution in [1.29, 1.82) is 0 Å². The molecule has 0 saturated heterocycles. The molecule has 0 spiro atoms. The fourth-order valence-electron chi connectivity index (χ4n) is 2.02. The highest BCUT2D eigenvalue weighted by Gasteiger charge is 2.30. The molecule has 1 amide bonds. The normalized spacial score (nSPS) is 13.1. The van der Waals surface area contributed by atoms with Crippen LogP contribution in [0.3, 0.4) is 0 Å². The molecule has 1 aromatic rings.